The van der Waals surface area contributed by atoms with Gasteiger partial charge >= 0.3 is 0 Å². The van der Waals surface area contributed by atoms with E-state index in [1.165, 1.54) is 0 Å². The Hall–Kier alpha value is -0.920. The number of carbonyl (C=O) groups is 1. The maximum absolute atomic E-state index is 13.7. The summed E-state index contributed by atoms with van der Waals surface area (Å²) < 4.78 is 20.3. The van der Waals surface area contributed by atoms with Gasteiger partial charge in [-0.05, 0) is 47.0 Å². The van der Waals surface area contributed by atoms with E-state index in [4.69, 9.17) is 10.5 Å². The zero-order valence-electron chi connectivity index (χ0n) is 19.6. The Morgan fingerprint density at radius 2 is 2.06 bits per heavy atom. The number of carbonyl (C=O) groups excluding carboxylic acids is 1. The average molecular weight is 457 g/mol. The highest BCUT2D eigenvalue weighted by Crippen LogP contribution is 2.24. The first kappa shape index (κ1) is 24.2. The van der Waals surface area contributed by atoms with Crippen molar-refractivity contribution in [1.82, 2.24) is 36.2 Å². The molecule has 0 aromatic carbocycles. The molecule has 10 nitrogen and oxygen atoms in total. The van der Waals surface area contributed by atoms with E-state index in [1.54, 1.807) is 5.01 Å². The number of nitrogens with zero attached hydrogens (tertiary/aromatic N) is 3. The highest BCUT2D eigenvalue weighted by Gasteiger charge is 2.47. The number of alkyl halides is 1. The van der Waals surface area contributed by atoms with Crippen LogP contribution in [0.5, 0.6) is 0 Å². The van der Waals surface area contributed by atoms with Crippen LogP contribution in [0.2, 0.25) is 0 Å². The molecule has 4 heterocycles. The molecule has 0 spiro atoms. The summed E-state index contributed by atoms with van der Waals surface area (Å²) in [7, 11) is 6.40. The third-order valence-corrected chi connectivity index (χ3v) is 7.25. The van der Waals surface area contributed by atoms with Gasteiger partial charge in [0.1, 0.15) is 6.17 Å². The van der Waals surface area contributed by atoms with E-state index in [9.17, 15) is 9.18 Å². The van der Waals surface area contributed by atoms with Gasteiger partial charge in [0.2, 0.25) is 5.91 Å². The van der Waals surface area contributed by atoms with Crippen molar-refractivity contribution in [2.24, 2.45) is 11.7 Å². The quantitative estimate of drug-likeness (QED) is 0.306. The van der Waals surface area contributed by atoms with Crippen molar-refractivity contribution in [3.8, 4) is 0 Å². The third-order valence-electron chi connectivity index (χ3n) is 7.25. The SMILES string of the molecule is CN(C)CC1CCC(OC2CCNCC2NC(=O)C2C(N)NN3CC(F)CNC23)CN1C. The summed E-state index contributed by atoms with van der Waals surface area (Å²) in [5, 5.41) is 11.4. The zero-order chi connectivity index (χ0) is 22.8. The molecule has 0 aromatic rings. The lowest BCUT2D eigenvalue weighted by molar-refractivity contribution is -0.131. The van der Waals surface area contributed by atoms with Crippen LogP contribution >= 0.6 is 0 Å². The summed E-state index contributed by atoms with van der Waals surface area (Å²) in [5.74, 6) is -0.603. The van der Waals surface area contributed by atoms with Crippen LogP contribution in [0.4, 0.5) is 4.39 Å². The molecule has 32 heavy (non-hydrogen) atoms. The van der Waals surface area contributed by atoms with Gasteiger partial charge < -0.3 is 26.0 Å². The van der Waals surface area contributed by atoms with Crippen LogP contribution in [0.1, 0.15) is 19.3 Å². The molecule has 6 N–H and O–H groups in total. The number of rotatable bonds is 6. The van der Waals surface area contributed by atoms with Crippen LogP contribution in [0.15, 0.2) is 0 Å². The Kier molecular flexibility index (Phi) is 7.99. The van der Waals surface area contributed by atoms with Crippen LogP contribution in [0.3, 0.4) is 0 Å². The number of likely N-dealkylation sites (tertiary alicyclic amines) is 1. The number of ether oxygens (including phenoxy) is 1. The standard InChI is InChI=1S/C21H41FN8O2/c1-28(2)11-14-4-5-15(12-29(14)3)32-17-6-7-24-9-16(17)26-21(31)18-19(23)27-30-10-13(22)8-25-20(18)30/h13-20,24-25,27H,4-12,23H2,1-3H3,(H,26,31). The summed E-state index contributed by atoms with van der Waals surface area (Å²) in [6, 6.07) is 0.444. The Bertz CT molecular complexity index is 643. The zero-order valence-corrected chi connectivity index (χ0v) is 19.6. The highest BCUT2D eigenvalue weighted by molar-refractivity contribution is 5.80. The van der Waals surface area contributed by atoms with E-state index in [0.29, 0.717) is 12.6 Å². The number of fused-ring (bicyclic) bond motifs is 1. The topological polar surface area (TPSA) is 110 Å². The molecule has 0 aliphatic carbocycles. The Morgan fingerprint density at radius 3 is 2.81 bits per heavy atom. The van der Waals surface area contributed by atoms with Crippen LogP contribution in [0.25, 0.3) is 0 Å². The molecule has 4 rings (SSSR count). The number of halogens is 1. The summed E-state index contributed by atoms with van der Waals surface area (Å²) >= 11 is 0. The number of likely N-dealkylation sites (N-methyl/N-ethyl adjacent to an activating group) is 2. The molecule has 11 heteroatoms. The fourth-order valence-electron chi connectivity index (χ4n) is 5.57. The number of piperidine rings is 2. The smallest absolute Gasteiger partial charge is 0.229 e. The first-order valence-corrected chi connectivity index (χ1v) is 12.0. The van der Waals surface area contributed by atoms with Gasteiger partial charge in [0.05, 0.1) is 36.5 Å². The molecule has 184 valence electrons. The lowest BCUT2D eigenvalue weighted by Gasteiger charge is -2.42. The van der Waals surface area contributed by atoms with Crippen LogP contribution < -0.4 is 27.1 Å². The summed E-state index contributed by atoms with van der Waals surface area (Å²) in [5.41, 5.74) is 9.25. The molecule has 8 unspecified atom stereocenters. The van der Waals surface area contributed by atoms with Gasteiger partial charge in [0.25, 0.3) is 0 Å². The first-order valence-electron chi connectivity index (χ1n) is 12.0. The van der Waals surface area contributed by atoms with E-state index in [0.717, 1.165) is 38.9 Å². The Labute approximate surface area is 190 Å². The van der Waals surface area contributed by atoms with Crippen LogP contribution in [-0.4, -0.2) is 124 Å². The maximum atomic E-state index is 13.7. The van der Waals surface area contributed by atoms with Crippen molar-refractivity contribution in [3.05, 3.63) is 0 Å². The molecule has 4 aliphatic rings. The number of nitrogens with two attached hydrogens (primary N) is 1. The number of amides is 1. The van der Waals surface area contributed by atoms with Gasteiger partial charge in [-0.2, -0.15) is 0 Å². The van der Waals surface area contributed by atoms with Crippen LogP contribution in [0, 0.1) is 5.92 Å². The van der Waals surface area contributed by atoms with Crippen molar-refractivity contribution >= 4 is 5.91 Å². The molecular weight excluding hydrogens is 415 g/mol. The van der Waals surface area contributed by atoms with Crippen molar-refractivity contribution in [1.29, 1.82) is 0 Å². The molecular formula is C21H41FN8O2. The fraction of sp³-hybridized carbons (Fsp3) is 0.952. The van der Waals surface area contributed by atoms with Crippen molar-refractivity contribution in [3.63, 3.8) is 0 Å². The third kappa shape index (κ3) is 5.58. The van der Waals surface area contributed by atoms with E-state index in [1.807, 2.05) is 0 Å². The molecule has 0 bridgehead atoms. The van der Waals surface area contributed by atoms with Crippen molar-refractivity contribution in [2.75, 3.05) is 60.4 Å². The summed E-state index contributed by atoms with van der Waals surface area (Å²) in [6.45, 7) is 3.98. The van der Waals surface area contributed by atoms with E-state index in [-0.39, 0.29) is 43.4 Å². The number of hydrazine groups is 1. The Morgan fingerprint density at radius 1 is 1.25 bits per heavy atom. The second kappa shape index (κ2) is 10.6. The molecule has 1 amide bonds. The van der Waals surface area contributed by atoms with Crippen molar-refractivity contribution in [2.45, 2.75) is 62.1 Å². The number of nitrogens with one attached hydrogen (secondary N) is 4. The minimum Gasteiger partial charge on any atom is -0.371 e. The first-order chi connectivity index (χ1) is 15.3. The fourth-order valence-corrected chi connectivity index (χ4v) is 5.57. The minimum atomic E-state index is -0.973. The summed E-state index contributed by atoms with van der Waals surface area (Å²) in [6.07, 6.45) is 1.34. The minimum absolute atomic E-state index is 0.0276. The van der Waals surface area contributed by atoms with Gasteiger partial charge in [-0.3, -0.25) is 15.0 Å². The highest BCUT2D eigenvalue weighted by atomic mass is 19.1. The maximum Gasteiger partial charge on any atom is 0.229 e. The molecule has 4 saturated heterocycles. The van der Waals surface area contributed by atoms with Gasteiger partial charge in [-0.15, -0.1) is 0 Å². The van der Waals surface area contributed by atoms with E-state index in [2.05, 4.69) is 52.3 Å². The monoisotopic (exact) mass is 456 g/mol. The molecule has 4 fully saturated rings. The van der Waals surface area contributed by atoms with Crippen molar-refractivity contribution < 1.29 is 13.9 Å². The molecule has 0 radical (unpaired) electrons. The molecule has 0 aromatic heterocycles. The predicted octanol–water partition coefficient (Wildman–Crippen LogP) is -2.14. The average Bonchev–Trinajstić information content (AvgIpc) is 3.06. The van der Waals surface area contributed by atoms with Gasteiger partial charge in [-0.25, -0.2) is 14.8 Å². The lowest BCUT2D eigenvalue weighted by Crippen LogP contribution is -2.61. The lowest BCUT2D eigenvalue weighted by atomic mass is 9.97. The largest absolute Gasteiger partial charge is 0.371 e. The molecule has 8 atom stereocenters. The van der Waals surface area contributed by atoms with E-state index < -0.39 is 18.3 Å². The number of hydrogen-bond acceptors (Lipinski definition) is 9. The van der Waals surface area contributed by atoms with E-state index >= 15 is 0 Å². The molecule has 4 aliphatic heterocycles. The van der Waals surface area contributed by atoms with Gasteiger partial charge in [-0.1, -0.05) is 0 Å². The second-order valence-corrected chi connectivity index (χ2v) is 10.1. The van der Waals surface area contributed by atoms with Crippen LogP contribution in [-0.2, 0) is 9.53 Å². The number of hydrogen-bond donors (Lipinski definition) is 5. The predicted molar refractivity (Wildman–Crippen MR) is 120 cm³/mol. The van der Waals surface area contributed by atoms with Gasteiger partial charge in [0, 0.05) is 38.8 Å². The summed E-state index contributed by atoms with van der Waals surface area (Å²) in [4.78, 5) is 17.8. The molecule has 0 saturated carbocycles. The normalized spacial score (nSPS) is 41.6. The second-order valence-electron chi connectivity index (χ2n) is 10.1. The Balaban J connectivity index is 1.32. The van der Waals surface area contributed by atoms with Gasteiger partial charge in [0.15, 0.2) is 0 Å².